The molecule has 0 saturated heterocycles. The van der Waals surface area contributed by atoms with Crippen LogP contribution in [0.3, 0.4) is 0 Å². The van der Waals surface area contributed by atoms with E-state index in [-0.39, 0.29) is 23.9 Å². The molecule has 2 aromatic carbocycles. The Morgan fingerprint density at radius 1 is 1.14 bits per heavy atom. The zero-order valence-corrected chi connectivity index (χ0v) is 17.8. The lowest BCUT2D eigenvalue weighted by Gasteiger charge is -2.08. The van der Waals surface area contributed by atoms with Crippen molar-refractivity contribution in [2.75, 3.05) is 11.9 Å². The van der Waals surface area contributed by atoms with Crippen molar-refractivity contribution in [2.45, 2.75) is 6.92 Å². The number of hydrogen-bond donors (Lipinski definition) is 1. The van der Waals surface area contributed by atoms with Gasteiger partial charge in [-0.25, -0.2) is 9.18 Å². The van der Waals surface area contributed by atoms with Crippen LogP contribution in [0.4, 0.5) is 9.39 Å². The molecule has 0 radical (unpaired) electrons. The van der Waals surface area contributed by atoms with E-state index in [9.17, 15) is 14.0 Å². The molecular formula is C22H17BrFNO3S. The zero-order valence-electron chi connectivity index (χ0n) is 15.4. The number of ether oxygens (including phenoxy) is 1. The molecule has 0 aliphatic carbocycles. The van der Waals surface area contributed by atoms with Crippen LogP contribution in [0.2, 0.25) is 0 Å². The minimum atomic E-state index is -0.541. The Morgan fingerprint density at radius 2 is 1.83 bits per heavy atom. The van der Waals surface area contributed by atoms with Gasteiger partial charge in [-0.15, -0.1) is 11.3 Å². The molecule has 4 nitrogen and oxygen atoms in total. The molecule has 148 valence electrons. The molecular weight excluding hydrogens is 457 g/mol. The highest BCUT2D eigenvalue weighted by Crippen LogP contribution is 2.36. The number of anilines is 1. The Morgan fingerprint density at radius 3 is 2.48 bits per heavy atom. The van der Waals surface area contributed by atoms with Gasteiger partial charge >= 0.3 is 5.97 Å². The number of amides is 1. The Balaban J connectivity index is 1.86. The van der Waals surface area contributed by atoms with Gasteiger partial charge in [0.15, 0.2) is 0 Å². The van der Waals surface area contributed by atoms with E-state index >= 15 is 0 Å². The second-order valence-corrected chi connectivity index (χ2v) is 7.75. The minimum Gasteiger partial charge on any atom is -0.462 e. The van der Waals surface area contributed by atoms with Crippen molar-refractivity contribution < 1.29 is 18.7 Å². The predicted molar refractivity (Wildman–Crippen MR) is 117 cm³/mol. The largest absolute Gasteiger partial charge is 0.462 e. The molecule has 0 saturated carbocycles. The maximum atomic E-state index is 13.3. The van der Waals surface area contributed by atoms with Crippen LogP contribution in [0.1, 0.15) is 22.8 Å². The van der Waals surface area contributed by atoms with Crippen molar-refractivity contribution in [3.05, 3.63) is 81.4 Å². The molecule has 3 rings (SSSR count). The van der Waals surface area contributed by atoms with Crippen molar-refractivity contribution in [3.63, 3.8) is 0 Å². The average Bonchev–Trinajstić information content (AvgIpc) is 3.12. The molecule has 29 heavy (non-hydrogen) atoms. The fourth-order valence-electron chi connectivity index (χ4n) is 2.60. The first kappa shape index (κ1) is 21.0. The molecule has 1 heterocycles. The van der Waals surface area contributed by atoms with E-state index in [1.54, 1.807) is 30.5 Å². The van der Waals surface area contributed by atoms with E-state index in [2.05, 4.69) is 21.2 Å². The molecule has 1 amide bonds. The van der Waals surface area contributed by atoms with E-state index in [0.29, 0.717) is 16.1 Å². The highest BCUT2D eigenvalue weighted by Gasteiger charge is 2.22. The van der Waals surface area contributed by atoms with Crippen molar-refractivity contribution in [2.24, 2.45) is 0 Å². The van der Waals surface area contributed by atoms with Gasteiger partial charge in [-0.2, -0.15) is 0 Å². The van der Waals surface area contributed by atoms with Gasteiger partial charge in [-0.05, 0) is 48.4 Å². The fraction of sp³-hybridized carbons (Fsp3) is 0.0909. The van der Waals surface area contributed by atoms with Crippen molar-refractivity contribution in [1.29, 1.82) is 0 Å². The van der Waals surface area contributed by atoms with Crippen LogP contribution >= 0.6 is 27.3 Å². The second-order valence-electron chi connectivity index (χ2n) is 5.96. The predicted octanol–water partition coefficient (Wildman–Crippen LogP) is 6.15. The van der Waals surface area contributed by atoms with Gasteiger partial charge in [0.05, 0.1) is 6.61 Å². The Labute approximate surface area is 180 Å². The zero-order chi connectivity index (χ0) is 20.8. The molecule has 0 fully saturated rings. The van der Waals surface area contributed by atoms with Gasteiger partial charge in [0.25, 0.3) is 0 Å². The van der Waals surface area contributed by atoms with Crippen LogP contribution in [0, 0.1) is 5.82 Å². The smallest absolute Gasteiger partial charge is 0.341 e. The molecule has 0 aliphatic rings. The van der Waals surface area contributed by atoms with Crippen LogP contribution in [-0.4, -0.2) is 18.5 Å². The molecule has 0 unspecified atom stereocenters. The van der Waals surface area contributed by atoms with E-state index < -0.39 is 5.97 Å². The molecule has 7 heteroatoms. The lowest BCUT2D eigenvalue weighted by Crippen LogP contribution is -2.12. The van der Waals surface area contributed by atoms with Gasteiger partial charge in [0.2, 0.25) is 5.91 Å². The van der Waals surface area contributed by atoms with Crippen LogP contribution < -0.4 is 5.32 Å². The molecule has 0 spiro atoms. The standard InChI is InChI=1S/C22H17BrFNO3S/c1-2-28-22(27)20-18(15-6-10-17(24)11-7-15)13-29-21(20)25-19(26)12-5-14-3-8-16(23)9-4-14/h3-13H,2H2,1H3,(H,25,26)/b12-5+. The maximum Gasteiger partial charge on any atom is 0.341 e. The third kappa shape index (κ3) is 5.40. The number of carbonyl (C=O) groups is 2. The number of nitrogens with one attached hydrogen (secondary N) is 1. The van der Waals surface area contributed by atoms with Crippen molar-refractivity contribution >= 4 is 50.2 Å². The Bertz CT molecular complexity index is 1040. The number of benzene rings is 2. The molecule has 3 aromatic rings. The number of hydrogen-bond acceptors (Lipinski definition) is 4. The highest BCUT2D eigenvalue weighted by atomic mass is 79.9. The van der Waals surface area contributed by atoms with Gasteiger partial charge in [0.1, 0.15) is 16.4 Å². The molecule has 1 aromatic heterocycles. The summed E-state index contributed by atoms with van der Waals surface area (Å²) in [6.07, 6.45) is 3.08. The van der Waals surface area contributed by atoms with Gasteiger partial charge in [0, 0.05) is 21.5 Å². The number of rotatable bonds is 6. The number of thiophene rings is 1. The van der Waals surface area contributed by atoms with E-state index in [1.807, 2.05) is 24.3 Å². The summed E-state index contributed by atoms with van der Waals surface area (Å²) in [6.45, 7) is 1.91. The number of carbonyl (C=O) groups excluding carboxylic acids is 2. The molecule has 0 atom stereocenters. The molecule has 1 N–H and O–H groups in total. The normalized spacial score (nSPS) is 10.9. The van der Waals surface area contributed by atoms with Gasteiger partial charge < -0.3 is 10.1 Å². The lowest BCUT2D eigenvalue weighted by atomic mass is 10.0. The van der Waals surface area contributed by atoms with E-state index in [4.69, 9.17) is 4.74 Å². The minimum absolute atomic E-state index is 0.203. The summed E-state index contributed by atoms with van der Waals surface area (Å²) < 4.78 is 19.4. The van der Waals surface area contributed by atoms with Crippen molar-refractivity contribution in [1.82, 2.24) is 0 Å². The van der Waals surface area contributed by atoms with Gasteiger partial charge in [-0.1, -0.05) is 40.2 Å². The van der Waals surface area contributed by atoms with Crippen LogP contribution in [0.15, 0.2) is 64.5 Å². The van der Waals surface area contributed by atoms with Crippen molar-refractivity contribution in [3.8, 4) is 11.1 Å². The third-order valence-electron chi connectivity index (χ3n) is 3.96. The van der Waals surface area contributed by atoms with Crippen LogP contribution in [0.5, 0.6) is 0 Å². The summed E-state index contributed by atoms with van der Waals surface area (Å²) in [5.74, 6) is -1.28. The SMILES string of the molecule is CCOC(=O)c1c(-c2ccc(F)cc2)csc1NC(=O)/C=C/c1ccc(Br)cc1. The van der Waals surface area contributed by atoms with Crippen LogP contribution in [0.25, 0.3) is 17.2 Å². The topological polar surface area (TPSA) is 55.4 Å². The summed E-state index contributed by atoms with van der Waals surface area (Å²) in [5, 5.41) is 4.87. The first-order valence-electron chi connectivity index (χ1n) is 8.77. The molecule has 0 bridgehead atoms. The second kappa shape index (κ2) is 9.62. The third-order valence-corrected chi connectivity index (χ3v) is 5.38. The van der Waals surface area contributed by atoms with Gasteiger partial charge in [-0.3, -0.25) is 4.79 Å². The van der Waals surface area contributed by atoms with E-state index in [1.165, 1.54) is 29.5 Å². The number of halogens is 2. The summed E-state index contributed by atoms with van der Waals surface area (Å²) in [7, 11) is 0. The Kier molecular flexibility index (Phi) is 6.95. The summed E-state index contributed by atoms with van der Waals surface area (Å²) >= 11 is 4.58. The monoisotopic (exact) mass is 473 g/mol. The molecule has 0 aliphatic heterocycles. The van der Waals surface area contributed by atoms with E-state index in [0.717, 1.165) is 10.0 Å². The maximum absolute atomic E-state index is 13.3. The summed E-state index contributed by atoms with van der Waals surface area (Å²) in [5.41, 5.74) is 2.37. The fourth-order valence-corrected chi connectivity index (χ4v) is 3.82. The highest BCUT2D eigenvalue weighted by molar-refractivity contribution is 9.10. The van der Waals surface area contributed by atoms with Crippen LogP contribution in [-0.2, 0) is 9.53 Å². The average molecular weight is 474 g/mol. The number of esters is 1. The first-order valence-corrected chi connectivity index (χ1v) is 10.4. The first-order chi connectivity index (χ1) is 14.0. The summed E-state index contributed by atoms with van der Waals surface area (Å²) in [6, 6.07) is 13.3. The quantitative estimate of drug-likeness (QED) is 0.345. The Hall–Kier alpha value is -2.77. The summed E-state index contributed by atoms with van der Waals surface area (Å²) in [4.78, 5) is 24.9. The lowest BCUT2D eigenvalue weighted by molar-refractivity contribution is -0.111.